The van der Waals surface area contributed by atoms with E-state index in [2.05, 4.69) is 47.8 Å². The van der Waals surface area contributed by atoms with Crippen LogP contribution in [-0.2, 0) is 0 Å². The Balaban J connectivity index is 3.05. The van der Waals surface area contributed by atoms with E-state index < -0.39 is 0 Å². The van der Waals surface area contributed by atoms with Crippen LogP contribution in [0, 0.1) is 0 Å². The molecule has 0 aliphatic carbocycles. The first-order valence-electron chi connectivity index (χ1n) is 3.11. The maximum Gasteiger partial charge on any atom is 0.129 e. The van der Waals surface area contributed by atoms with Crippen molar-refractivity contribution in [1.82, 2.24) is 0 Å². The van der Waals surface area contributed by atoms with Crippen molar-refractivity contribution in [3.63, 3.8) is 0 Å². The minimum atomic E-state index is 0.248. The molecule has 0 unspecified atom stereocenters. The third-order valence-electron chi connectivity index (χ3n) is 1.25. The van der Waals surface area contributed by atoms with Crippen LogP contribution in [0.1, 0.15) is 5.56 Å². The zero-order valence-corrected chi connectivity index (χ0v) is 10.6. The SMILES string of the molecule is Oc1ccc(C=C(Br)Br)cc1Br. The van der Waals surface area contributed by atoms with Gasteiger partial charge in [-0.3, -0.25) is 0 Å². The molecule has 64 valence electrons. The van der Waals surface area contributed by atoms with E-state index in [-0.39, 0.29) is 5.75 Å². The first-order chi connectivity index (χ1) is 5.59. The van der Waals surface area contributed by atoms with Gasteiger partial charge in [0.1, 0.15) is 5.75 Å². The van der Waals surface area contributed by atoms with Crippen molar-refractivity contribution >= 4 is 53.9 Å². The highest BCUT2D eigenvalue weighted by Crippen LogP contribution is 2.26. The molecule has 0 aliphatic rings. The Kier molecular flexibility index (Phi) is 3.80. The minimum absolute atomic E-state index is 0.248. The molecule has 0 fully saturated rings. The number of phenols is 1. The molecule has 0 atom stereocenters. The van der Waals surface area contributed by atoms with Gasteiger partial charge < -0.3 is 5.11 Å². The molecule has 0 saturated carbocycles. The predicted octanol–water partition coefficient (Wildman–Crippen LogP) is 4.24. The van der Waals surface area contributed by atoms with Crippen LogP contribution >= 0.6 is 47.8 Å². The molecule has 1 rings (SSSR count). The lowest BCUT2D eigenvalue weighted by Crippen LogP contribution is -1.73. The molecule has 1 N–H and O–H groups in total. The second kappa shape index (κ2) is 4.44. The van der Waals surface area contributed by atoms with Crippen molar-refractivity contribution in [2.45, 2.75) is 0 Å². The normalized spacial score (nSPS) is 9.58. The number of hydrogen-bond donors (Lipinski definition) is 1. The van der Waals surface area contributed by atoms with Gasteiger partial charge >= 0.3 is 0 Å². The van der Waals surface area contributed by atoms with Crippen molar-refractivity contribution in [3.8, 4) is 5.75 Å². The van der Waals surface area contributed by atoms with Crippen LogP contribution in [0.2, 0.25) is 0 Å². The first kappa shape index (κ1) is 10.3. The largest absolute Gasteiger partial charge is 0.507 e. The van der Waals surface area contributed by atoms with Crippen LogP contribution in [0.25, 0.3) is 6.08 Å². The second-order valence-electron chi connectivity index (χ2n) is 2.14. The Morgan fingerprint density at radius 2 is 2.00 bits per heavy atom. The molecule has 0 aromatic heterocycles. The highest BCUT2D eigenvalue weighted by atomic mass is 79.9. The van der Waals surface area contributed by atoms with Gasteiger partial charge in [-0.15, -0.1) is 0 Å². The summed E-state index contributed by atoms with van der Waals surface area (Å²) in [5, 5.41) is 9.19. The molecule has 0 bridgehead atoms. The summed E-state index contributed by atoms with van der Waals surface area (Å²) in [6.07, 6.45) is 1.89. The molecular weight excluding hydrogens is 352 g/mol. The smallest absolute Gasteiger partial charge is 0.129 e. The summed E-state index contributed by atoms with van der Waals surface area (Å²) >= 11 is 9.73. The van der Waals surface area contributed by atoms with Crippen molar-refractivity contribution in [2.75, 3.05) is 0 Å². The third kappa shape index (κ3) is 2.92. The van der Waals surface area contributed by atoms with Gasteiger partial charge in [0.2, 0.25) is 0 Å². The van der Waals surface area contributed by atoms with Gasteiger partial charge in [0.05, 0.1) is 7.86 Å². The molecule has 1 nitrogen and oxygen atoms in total. The van der Waals surface area contributed by atoms with Gasteiger partial charge in [-0.25, -0.2) is 0 Å². The van der Waals surface area contributed by atoms with E-state index >= 15 is 0 Å². The number of phenolic OH excluding ortho intramolecular Hbond substituents is 1. The Morgan fingerprint density at radius 1 is 1.33 bits per heavy atom. The zero-order valence-electron chi connectivity index (χ0n) is 5.89. The number of benzene rings is 1. The Labute approximate surface area is 95.9 Å². The first-order valence-corrected chi connectivity index (χ1v) is 5.48. The number of halogens is 3. The van der Waals surface area contributed by atoms with E-state index in [0.717, 1.165) is 8.96 Å². The van der Waals surface area contributed by atoms with Gasteiger partial charge in [-0.05, 0) is 71.6 Å². The van der Waals surface area contributed by atoms with Crippen LogP contribution in [0.15, 0.2) is 26.1 Å². The Bertz CT molecular complexity index is 316. The number of hydrogen-bond acceptors (Lipinski definition) is 1. The maximum atomic E-state index is 9.19. The molecule has 0 saturated heterocycles. The highest BCUT2D eigenvalue weighted by Gasteiger charge is 1.97. The molecule has 0 spiro atoms. The summed E-state index contributed by atoms with van der Waals surface area (Å²) in [7, 11) is 0. The second-order valence-corrected chi connectivity index (χ2v) is 5.77. The average Bonchev–Trinajstić information content (AvgIpc) is 1.96. The van der Waals surface area contributed by atoms with Crippen LogP contribution in [-0.4, -0.2) is 5.11 Å². The predicted molar refractivity (Wildman–Crippen MR) is 61.6 cm³/mol. The summed E-state index contributed by atoms with van der Waals surface area (Å²) in [5.74, 6) is 0.248. The zero-order chi connectivity index (χ0) is 9.14. The summed E-state index contributed by atoms with van der Waals surface area (Å²) in [4.78, 5) is 0. The monoisotopic (exact) mass is 354 g/mol. The fourth-order valence-electron chi connectivity index (χ4n) is 0.739. The van der Waals surface area contributed by atoms with Gasteiger partial charge in [-0.2, -0.15) is 0 Å². The maximum absolute atomic E-state index is 9.19. The molecule has 0 aliphatic heterocycles. The van der Waals surface area contributed by atoms with E-state index in [0.29, 0.717) is 4.47 Å². The lowest BCUT2D eigenvalue weighted by molar-refractivity contribution is 0.472. The van der Waals surface area contributed by atoms with E-state index in [1.165, 1.54) is 0 Å². The molecule has 4 heteroatoms. The van der Waals surface area contributed by atoms with Crippen molar-refractivity contribution in [2.24, 2.45) is 0 Å². The van der Waals surface area contributed by atoms with Crippen LogP contribution in [0.5, 0.6) is 5.75 Å². The minimum Gasteiger partial charge on any atom is -0.507 e. The average molecular weight is 357 g/mol. The van der Waals surface area contributed by atoms with Crippen LogP contribution in [0.3, 0.4) is 0 Å². The van der Waals surface area contributed by atoms with Gasteiger partial charge in [0.15, 0.2) is 0 Å². The summed E-state index contributed by atoms with van der Waals surface area (Å²) in [5.41, 5.74) is 1.00. The molecule has 1 aromatic rings. The lowest BCUT2D eigenvalue weighted by Gasteiger charge is -1.97. The van der Waals surface area contributed by atoms with E-state index in [1.807, 2.05) is 18.2 Å². The Morgan fingerprint density at radius 3 is 2.50 bits per heavy atom. The lowest BCUT2D eigenvalue weighted by atomic mass is 10.2. The van der Waals surface area contributed by atoms with Crippen molar-refractivity contribution < 1.29 is 5.11 Å². The van der Waals surface area contributed by atoms with Crippen LogP contribution in [0.4, 0.5) is 0 Å². The summed E-state index contributed by atoms with van der Waals surface area (Å²) in [6.45, 7) is 0. The van der Waals surface area contributed by atoms with Crippen LogP contribution < -0.4 is 0 Å². The molecule has 0 radical (unpaired) electrons. The van der Waals surface area contributed by atoms with E-state index in [9.17, 15) is 5.11 Å². The number of aromatic hydroxyl groups is 1. The van der Waals surface area contributed by atoms with E-state index in [1.54, 1.807) is 6.07 Å². The third-order valence-corrected chi connectivity index (χ3v) is 2.34. The fourth-order valence-corrected chi connectivity index (χ4v) is 1.66. The fraction of sp³-hybridized carbons (Fsp3) is 0. The number of rotatable bonds is 1. The standard InChI is InChI=1S/C8H5Br3O/c9-6-3-5(4-8(10)11)1-2-7(6)12/h1-4,12H. The molecular formula is C8H5Br3O. The highest BCUT2D eigenvalue weighted by molar-refractivity contribution is 9.28. The van der Waals surface area contributed by atoms with Gasteiger partial charge in [0, 0.05) is 0 Å². The topological polar surface area (TPSA) is 20.2 Å². The quantitative estimate of drug-likeness (QED) is 0.797. The van der Waals surface area contributed by atoms with Gasteiger partial charge in [0.25, 0.3) is 0 Å². The Hall–Kier alpha value is 0.200. The van der Waals surface area contributed by atoms with Crippen molar-refractivity contribution in [1.29, 1.82) is 0 Å². The molecule has 0 heterocycles. The van der Waals surface area contributed by atoms with Crippen molar-refractivity contribution in [3.05, 3.63) is 31.6 Å². The molecule has 12 heavy (non-hydrogen) atoms. The van der Waals surface area contributed by atoms with E-state index in [4.69, 9.17) is 0 Å². The van der Waals surface area contributed by atoms with Gasteiger partial charge in [-0.1, -0.05) is 6.07 Å². The summed E-state index contributed by atoms with van der Waals surface area (Å²) in [6, 6.07) is 5.29. The molecule has 0 amide bonds. The molecule has 1 aromatic carbocycles. The summed E-state index contributed by atoms with van der Waals surface area (Å²) < 4.78 is 1.56.